The number of hydrogen-bond donors (Lipinski definition) is 0. The number of alkyl halides is 1. The van der Waals surface area contributed by atoms with Crippen LogP contribution >= 0.6 is 11.6 Å². The second-order valence-corrected chi connectivity index (χ2v) is 4.18. The first-order valence-corrected chi connectivity index (χ1v) is 5.86. The molecule has 2 rings (SSSR count). The van der Waals surface area contributed by atoms with Crippen molar-refractivity contribution >= 4 is 11.6 Å². The van der Waals surface area contributed by atoms with Crippen molar-refractivity contribution < 1.29 is 4.74 Å². The second-order valence-electron chi connectivity index (χ2n) is 3.92. The summed E-state index contributed by atoms with van der Waals surface area (Å²) in [6.07, 6.45) is 1.83. The van der Waals surface area contributed by atoms with Crippen molar-refractivity contribution in [2.45, 2.75) is 19.4 Å². The van der Waals surface area contributed by atoms with Crippen LogP contribution in [0, 0.1) is 6.92 Å². The molecule has 0 atom stereocenters. The first kappa shape index (κ1) is 11.9. The molecule has 0 saturated heterocycles. The highest BCUT2D eigenvalue weighted by Gasteiger charge is 2.05. The average Bonchev–Trinajstić information content (AvgIpc) is 2.73. The molecular formula is C12H14ClN3O. The van der Waals surface area contributed by atoms with Gasteiger partial charge in [-0.05, 0) is 13.0 Å². The third-order valence-corrected chi connectivity index (χ3v) is 2.67. The van der Waals surface area contributed by atoms with E-state index in [1.54, 1.807) is 4.68 Å². The Morgan fingerprint density at radius 3 is 2.88 bits per heavy atom. The lowest BCUT2D eigenvalue weighted by Gasteiger charge is -2.09. The van der Waals surface area contributed by atoms with Gasteiger partial charge in [-0.25, -0.2) is 0 Å². The number of nitrogens with zero attached hydrogens (tertiary/aromatic N) is 3. The summed E-state index contributed by atoms with van der Waals surface area (Å²) in [5, 5.41) is 7.81. The summed E-state index contributed by atoms with van der Waals surface area (Å²) in [6, 6.07) is 5.96. The van der Waals surface area contributed by atoms with Crippen LogP contribution in [0.4, 0.5) is 0 Å². The normalized spacial score (nSPS) is 10.5. The standard InChI is InChI=1S/C12H14ClN3O/c1-9-3-4-12(10(5-9)6-13)17-8-11-7-16(2)15-14-11/h3-5,7H,6,8H2,1-2H3. The van der Waals surface area contributed by atoms with Gasteiger partial charge in [0.05, 0.1) is 12.1 Å². The average molecular weight is 252 g/mol. The summed E-state index contributed by atoms with van der Waals surface area (Å²) in [5.74, 6) is 1.24. The molecule has 2 aromatic rings. The van der Waals surface area contributed by atoms with Gasteiger partial charge in [-0.1, -0.05) is 22.9 Å². The van der Waals surface area contributed by atoms with E-state index in [0.717, 1.165) is 17.0 Å². The minimum absolute atomic E-state index is 0.404. The smallest absolute Gasteiger partial charge is 0.134 e. The molecule has 0 amide bonds. The summed E-state index contributed by atoms with van der Waals surface area (Å²) < 4.78 is 7.33. The Balaban J connectivity index is 2.08. The molecule has 90 valence electrons. The summed E-state index contributed by atoms with van der Waals surface area (Å²) in [6.45, 7) is 2.43. The van der Waals surface area contributed by atoms with Gasteiger partial charge in [0, 0.05) is 12.6 Å². The topological polar surface area (TPSA) is 39.9 Å². The zero-order chi connectivity index (χ0) is 12.3. The number of benzene rings is 1. The molecule has 0 unspecified atom stereocenters. The molecular weight excluding hydrogens is 238 g/mol. The van der Waals surface area contributed by atoms with Gasteiger partial charge in [-0.15, -0.1) is 16.7 Å². The summed E-state index contributed by atoms with van der Waals surface area (Å²) >= 11 is 5.88. The monoisotopic (exact) mass is 251 g/mol. The maximum Gasteiger partial charge on any atom is 0.134 e. The van der Waals surface area contributed by atoms with Crippen LogP contribution in [0.3, 0.4) is 0 Å². The molecule has 5 heteroatoms. The van der Waals surface area contributed by atoms with E-state index in [4.69, 9.17) is 16.3 Å². The van der Waals surface area contributed by atoms with Gasteiger partial charge >= 0.3 is 0 Å². The zero-order valence-electron chi connectivity index (χ0n) is 9.85. The van der Waals surface area contributed by atoms with E-state index >= 15 is 0 Å². The van der Waals surface area contributed by atoms with E-state index in [9.17, 15) is 0 Å². The molecule has 1 heterocycles. The minimum Gasteiger partial charge on any atom is -0.487 e. The molecule has 0 N–H and O–H groups in total. The molecule has 0 aliphatic heterocycles. The summed E-state index contributed by atoms with van der Waals surface area (Å²) in [5.41, 5.74) is 2.97. The lowest BCUT2D eigenvalue weighted by molar-refractivity contribution is 0.298. The third-order valence-electron chi connectivity index (χ3n) is 2.39. The van der Waals surface area contributed by atoms with Gasteiger partial charge in [0.25, 0.3) is 0 Å². The predicted octanol–water partition coefficient (Wildman–Crippen LogP) is 2.44. The fourth-order valence-electron chi connectivity index (χ4n) is 1.57. The van der Waals surface area contributed by atoms with Crippen LogP contribution in [0.25, 0.3) is 0 Å². The quantitative estimate of drug-likeness (QED) is 0.784. The van der Waals surface area contributed by atoms with Crippen molar-refractivity contribution in [1.29, 1.82) is 0 Å². The molecule has 0 saturated carbocycles. The first-order valence-electron chi connectivity index (χ1n) is 5.32. The van der Waals surface area contributed by atoms with Gasteiger partial charge in [0.2, 0.25) is 0 Å². The van der Waals surface area contributed by atoms with Gasteiger partial charge in [-0.3, -0.25) is 4.68 Å². The van der Waals surface area contributed by atoms with E-state index in [-0.39, 0.29) is 0 Å². The molecule has 0 radical (unpaired) electrons. The number of aromatic nitrogens is 3. The van der Waals surface area contributed by atoms with Crippen molar-refractivity contribution in [2.24, 2.45) is 7.05 Å². The molecule has 0 fully saturated rings. The van der Waals surface area contributed by atoms with E-state index < -0.39 is 0 Å². The van der Waals surface area contributed by atoms with Gasteiger partial charge in [0.15, 0.2) is 0 Å². The number of aryl methyl sites for hydroxylation is 2. The number of halogens is 1. The SMILES string of the molecule is Cc1ccc(OCc2cn(C)nn2)c(CCl)c1. The highest BCUT2D eigenvalue weighted by atomic mass is 35.5. The maximum absolute atomic E-state index is 5.88. The van der Waals surface area contributed by atoms with E-state index in [1.165, 1.54) is 5.56 Å². The van der Waals surface area contributed by atoms with Crippen LogP contribution in [0.2, 0.25) is 0 Å². The highest BCUT2D eigenvalue weighted by Crippen LogP contribution is 2.22. The number of rotatable bonds is 4. The molecule has 0 bridgehead atoms. The largest absolute Gasteiger partial charge is 0.487 e. The van der Waals surface area contributed by atoms with E-state index in [1.807, 2.05) is 38.4 Å². The Labute approximate surface area is 105 Å². The van der Waals surface area contributed by atoms with Gasteiger partial charge in [0.1, 0.15) is 18.1 Å². The van der Waals surface area contributed by atoms with Crippen molar-refractivity contribution in [3.05, 3.63) is 41.2 Å². The molecule has 0 aliphatic carbocycles. The van der Waals surface area contributed by atoms with Crippen LogP contribution < -0.4 is 4.74 Å². The molecule has 0 spiro atoms. The molecule has 4 nitrogen and oxygen atoms in total. The lowest BCUT2D eigenvalue weighted by Crippen LogP contribution is -1.98. The van der Waals surface area contributed by atoms with Gasteiger partial charge in [-0.2, -0.15) is 0 Å². The van der Waals surface area contributed by atoms with Crippen molar-refractivity contribution in [3.8, 4) is 5.75 Å². The Hall–Kier alpha value is -1.55. The van der Waals surface area contributed by atoms with Crippen LogP contribution in [0.1, 0.15) is 16.8 Å². The first-order chi connectivity index (χ1) is 8.19. The van der Waals surface area contributed by atoms with Crippen LogP contribution in [0.15, 0.2) is 24.4 Å². The van der Waals surface area contributed by atoms with Crippen LogP contribution in [0.5, 0.6) is 5.75 Å². The Kier molecular flexibility index (Phi) is 3.64. The fraction of sp³-hybridized carbons (Fsp3) is 0.333. The fourth-order valence-corrected chi connectivity index (χ4v) is 1.78. The Morgan fingerprint density at radius 1 is 1.41 bits per heavy atom. The Morgan fingerprint density at radius 2 is 2.24 bits per heavy atom. The molecule has 1 aromatic heterocycles. The summed E-state index contributed by atoms with van der Waals surface area (Å²) in [7, 11) is 1.83. The van der Waals surface area contributed by atoms with E-state index in [2.05, 4.69) is 10.3 Å². The predicted molar refractivity (Wildman–Crippen MR) is 66.1 cm³/mol. The molecule has 0 aliphatic rings. The summed E-state index contributed by atoms with van der Waals surface area (Å²) in [4.78, 5) is 0. The van der Waals surface area contributed by atoms with Crippen molar-refractivity contribution in [2.75, 3.05) is 0 Å². The van der Waals surface area contributed by atoms with Crippen LogP contribution in [-0.2, 0) is 19.5 Å². The maximum atomic E-state index is 5.88. The Bertz CT molecular complexity index is 510. The highest BCUT2D eigenvalue weighted by molar-refractivity contribution is 6.17. The number of ether oxygens (including phenoxy) is 1. The minimum atomic E-state index is 0.404. The molecule has 1 aromatic carbocycles. The lowest BCUT2D eigenvalue weighted by atomic mass is 10.1. The van der Waals surface area contributed by atoms with E-state index in [0.29, 0.717) is 12.5 Å². The number of hydrogen-bond acceptors (Lipinski definition) is 3. The van der Waals surface area contributed by atoms with Crippen molar-refractivity contribution in [3.63, 3.8) is 0 Å². The third kappa shape index (κ3) is 2.97. The molecule has 17 heavy (non-hydrogen) atoms. The zero-order valence-corrected chi connectivity index (χ0v) is 10.6. The van der Waals surface area contributed by atoms with Crippen molar-refractivity contribution in [1.82, 2.24) is 15.0 Å². The van der Waals surface area contributed by atoms with Crippen LogP contribution in [-0.4, -0.2) is 15.0 Å². The second kappa shape index (κ2) is 5.19. The van der Waals surface area contributed by atoms with Gasteiger partial charge < -0.3 is 4.74 Å².